The molecule has 0 radical (unpaired) electrons. The molecule has 1 aromatic carbocycles. The first-order chi connectivity index (χ1) is 14.0. The van der Waals surface area contributed by atoms with E-state index in [1.54, 1.807) is 19.1 Å². The van der Waals surface area contributed by atoms with E-state index in [1.165, 1.54) is 24.5 Å². The molecule has 2 heterocycles. The lowest BCUT2D eigenvalue weighted by molar-refractivity contribution is -0.120. The van der Waals surface area contributed by atoms with E-state index >= 15 is 0 Å². The molecule has 3 rings (SSSR count). The number of hydrogen-bond donors (Lipinski definition) is 1. The average Bonchev–Trinajstić information content (AvgIpc) is 3.32. The number of oxazole rings is 1. The van der Waals surface area contributed by atoms with Crippen molar-refractivity contribution in [3.05, 3.63) is 52.7 Å². The number of thiophene rings is 1. The summed E-state index contributed by atoms with van der Waals surface area (Å²) in [5.41, 5.74) is 1.32. The van der Waals surface area contributed by atoms with Crippen molar-refractivity contribution in [2.75, 3.05) is 13.7 Å². The number of carbonyl (C=O) groups excluding carboxylic acids is 1. The van der Waals surface area contributed by atoms with Gasteiger partial charge in [0, 0.05) is 6.54 Å². The number of aryl methyl sites for hydroxylation is 1. The highest BCUT2D eigenvalue weighted by Gasteiger charge is 2.15. The van der Waals surface area contributed by atoms with Crippen molar-refractivity contribution in [2.45, 2.75) is 26.4 Å². The summed E-state index contributed by atoms with van der Waals surface area (Å²) in [5, 5.41) is 4.73. The van der Waals surface area contributed by atoms with E-state index in [2.05, 4.69) is 15.0 Å². The maximum absolute atomic E-state index is 12.5. The smallest absolute Gasteiger partial charge is 0.387 e. The van der Waals surface area contributed by atoms with E-state index in [9.17, 15) is 13.6 Å². The molecule has 9 heteroatoms. The lowest BCUT2D eigenvalue weighted by Gasteiger charge is -2.11. The van der Waals surface area contributed by atoms with Gasteiger partial charge in [0.2, 0.25) is 11.8 Å². The van der Waals surface area contributed by atoms with Gasteiger partial charge < -0.3 is 19.2 Å². The van der Waals surface area contributed by atoms with Crippen LogP contribution in [0, 0.1) is 6.92 Å². The molecular formula is C20H20F2N2O4S. The van der Waals surface area contributed by atoms with Crippen LogP contribution < -0.4 is 14.8 Å². The second-order valence-electron chi connectivity index (χ2n) is 6.14. The normalized spacial score (nSPS) is 10.9. The van der Waals surface area contributed by atoms with Crippen molar-refractivity contribution in [3.8, 4) is 22.3 Å². The van der Waals surface area contributed by atoms with Crippen LogP contribution in [0.1, 0.15) is 17.0 Å². The lowest BCUT2D eigenvalue weighted by Crippen LogP contribution is -2.27. The fourth-order valence-corrected chi connectivity index (χ4v) is 3.37. The van der Waals surface area contributed by atoms with Gasteiger partial charge in [-0.15, -0.1) is 11.3 Å². The second kappa shape index (κ2) is 9.51. The largest absolute Gasteiger partial charge is 0.493 e. The molecule has 0 atom stereocenters. The van der Waals surface area contributed by atoms with Crippen LogP contribution in [-0.4, -0.2) is 31.2 Å². The molecule has 1 N–H and O–H groups in total. The average molecular weight is 422 g/mol. The summed E-state index contributed by atoms with van der Waals surface area (Å²) in [6.07, 6.45) is 0.552. The van der Waals surface area contributed by atoms with Gasteiger partial charge in [-0.2, -0.15) is 8.78 Å². The molecule has 0 unspecified atom stereocenters. The predicted octanol–water partition coefficient (Wildman–Crippen LogP) is 4.22. The number of benzene rings is 1. The summed E-state index contributed by atoms with van der Waals surface area (Å²) in [7, 11) is 1.38. The number of methoxy groups -OCH3 is 1. The molecule has 1 amide bonds. The molecule has 0 spiro atoms. The van der Waals surface area contributed by atoms with Gasteiger partial charge in [-0.05, 0) is 42.5 Å². The Morgan fingerprint density at radius 1 is 1.31 bits per heavy atom. The number of nitrogens with one attached hydrogen (secondary N) is 1. The highest BCUT2D eigenvalue weighted by atomic mass is 32.1. The Balaban J connectivity index is 1.54. The topological polar surface area (TPSA) is 73.6 Å². The van der Waals surface area contributed by atoms with Gasteiger partial charge in [-0.25, -0.2) is 4.98 Å². The number of aromatic nitrogens is 1. The molecule has 0 fully saturated rings. The Bertz CT molecular complexity index is 958. The van der Waals surface area contributed by atoms with E-state index in [0.717, 1.165) is 10.4 Å². The lowest BCUT2D eigenvalue weighted by atomic mass is 10.1. The Hall–Kier alpha value is -2.94. The van der Waals surface area contributed by atoms with Crippen LogP contribution in [0.4, 0.5) is 8.78 Å². The maximum atomic E-state index is 12.5. The van der Waals surface area contributed by atoms with Crippen molar-refractivity contribution in [3.63, 3.8) is 0 Å². The monoisotopic (exact) mass is 422 g/mol. The van der Waals surface area contributed by atoms with Gasteiger partial charge in [-0.1, -0.05) is 12.1 Å². The quantitative estimate of drug-likeness (QED) is 0.559. The molecule has 3 aromatic rings. The molecule has 6 nitrogen and oxygen atoms in total. The fraction of sp³-hybridized carbons (Fsp3) is 0.300. The highest BCUT2D eigenvalue weighted by molar-refractivity contribution is 7.13. The summed E-state index contributed by atoms with van der Waals surface area (Å²) < 4.78 is 40.1. The zero-order chi connectivity index (χ0) is 20.8. The first kappa shape index (κ1) is 20.8. The molecule has 0 saturated carbocycles. The number of rotatable bonds is 9. The van der Waals surface area contributed by atoms with Crippen LogP contribution in [-0.2, 0) is 17.6 Å². The van der Waals surface area contributed by atoms with E-state index in [4.69, 9.17) is 9.15 Å². The zero-order valence-electron chi connectivity index (χ0n) is 15.9. The first-order valence-electron chi connectivity index (χ1n) is 8.85. The molecule has 0 aliphatic rings. The number of halogens is 2. The van der Waals surface area contributed by atoms with Crippen LogP contribution in [0.5, 0.6) is 11.5 Å². The SMILES string of the molecule is COc1ccc(CCNC(=O)Cc2nc(-c3cccs3)oc2C)cc1OC(F)F. The van der Waals surface area contributed by atoms with E-state index in [0.29, 0.717) is 30.3 Å². The highest BCUT2D eigenvalue weighted by Crippen LogP contribution is 2.29. The van der Waals surface area contributed by atoms with Crippen LogP contribution in [0.2, 0.25) is 0 Å². The number of nitrogens with zero attached hydrogens (tertiary/aromatic N) is 1. The Labute approximate surface area is 170 Å². The molecule has 0 bridgehead atoms. The van der Waals surface area contributed by atoms with Gasteiger partial charge in [-0.3, -0.25) is 4.79 Å². The summed E-state index contributed by atoms with van der Waals surface area (Å²) in [6, 6.07) is 8.58. The fourth-order valence-electron chi connectivity index (χ4n) is 2.72. The van der Waals surface area contributed by atoms with Crippen molar-refractivity contribution in [2.24, 2.45) is 0 Å². The number of ether oxygens (including phenoxy) is 2. The molecule has 2 aromatic heterocycles. The van der Waals surface area contributed by atoms with Crippen LogP contribution in [0.3, 0.4) is 0 Å². The van der Waals surface area contributed by atoms with Crippen molar-refractivity contribution < 1.29 is 27.5 Å². The predicted molar refractivity (Wildman–Crippen MR) is 105 cm³/mol. The summed E-state index contributed by atoms with van der Waals surface area (Å²) >= 11 is 1.51. The van der Waals surface area contributed by atoms with E-state index in [1.807, 2.05) is 17.5 Å². The van der Waals surface area contributed by atoms with Crippen molar-refractivity contribution >= 4 is 17.2 Å². The van der Waals surface area contributed by atoms with Gasteiger partial charge in [0.25, 0.3) is 0 Å². The minimum atomic E-state index is -2.94. The third kappa shape index (κ3) is 5.54. The number of amides is 1. The Morgan fingerprint density at radius 2 is 2.14 bits per heavy atom. The van der Waals surface area contributed by atoms with Crippen molar-refractivity contribution in [1.82, 2.24) is 10.3 Å². The first-order valence-corrected chi connectivity index (χ1v) is 9.73. The minimum absolute atomic E-state index is 0.0364. The molecule has 0 aliphatic carbocycles. The van der Waals surface area contributed by atoms with Gasteiger partial charge in [0.1, 0.15) is 5.76 Å². The third-order valence-electron chi connectivity index (χ3n) is 4.13. The molecule has 0 aliphatic heterocycles. The van der Waals surface area contributed by atoms with Gasteiger partial charge in [0.15, 0.2) is 11.5 Å². The number of carbonyl (C=O) groups is 1. The molecule has 154 valence electrons. The summed E-state index contributed by atoms with van der Waals surface area (Å²) in [6.45, 7) is -0.827. The van der Waals surface area contributed by atoms with Gasteiger partial charge in [0.05, 0.1) is 24.1 Å². The second-order valence-corrected chi connectivity index (χ2v) is 7.09. The van der Waals surface area contributed by atoms with Crippen LogP contribution >= 0.6 is 11.3 Å². The third-order valence-corrected chi connectivity index (χ3v) is 4.99. The van der Waals surface area contributed by atoms with Crippen LogP contribution in [0.15, 0.2) is 40.1 Å². The standard InChI is InChI=1S/C20H20F2N2O4S/c1-12-14(24-19(27-12)17-4-3-9-29-17)11-18(25)23-8-7-13-5-6-15(26-2)16(10-13)28-20(21)22/h3-6,9-10,20H,7-8,11H2,1-2H3,(H,23,25). The Kier molecular flexibility index (Phi) is 6.82. The zero-order valence-corrected chi connectivity index (χ0v) is 16.7. The molecular weight excluding hydrogens is 402 g/mol. The summed E-state index contributed by atoms with van der Waals surface area (Å²) in [4.78, 5) is 17.5. The van der Waals surface area contributed by atoms with Crippen LogP contribution in [0.25, 0.3) is 10.8 Å². The maximum Gasteiger partial charge on any atom is 0.387 e. The number of alkyl halides is 2. The summed E-state index contributed by atoms with van der Waals surface area (Å²) in [5.74, 6) is 1.10. The van der Waals surface area contributed by atoms with Crippen molar-refractivity contribution in [1.29, 1.82) is 0 Å². The van der Waals surface area contributed by atoms with Gasteiger partial charge >= 0.3 is 6.61 Å². The van der Waals surface area contributed by atoms with E-state index in [-0.39, 0.29) is 23.8 Å². The molecule has 0 saturated heterocycles. The molecule has 29 heavy (non-hydrogen) atoms. The van der Waals surface area contributed by atoms with E-state index < -0.39 is 6.61 Å². The Morgan fingerprint density at radius 3 is 2.83 bits per heavy atom. The number of hydrogen-bond acceptors (Lipinski definition) is 6. The minimum Gasteiger partial charge on any atom is -0.493 e.